The predicted octanol–water partition coefficient (Wildman–Crippen LogP) is 2.18. The number of aryl methyl sites for hydroxylation is 1. The molecule has 0 radical (unpaired) electrons. The maximum atomic E-state index is 11.0. The highest BCUT2D eigenvalue weighted by Gasteiger charge is 2.02. The van der Waals surface area contributed by atoms with Crippen LogP contribution in [0, 0.1) is 19.3 Å². The Labute approximate surface area is 72.4 Å². The van der Waals surface area contributed by atoms with Gasteiger partial charge in [-0.15, -0.1) is 6.42 Å². The largest absolute Gasteiger partial charge is 0.295 e. The Morgan fingerprint density at radius 3 is 2.58 bits per heavy atom. The van der Waals surface area contributed by atoms with Crippen molar-refractivity contribution in [3.8, 4) is 12.3 Å². The Morgan fingerprint density at radius 1 is 1.50 bits per heavy atom. The highest BCUT2D eigenvalue weighted by Crippen LogP contribution is 2.10. The fraction of sp³-hybridized carbons (Fsp3) is 0.182. The van der Waals surface area contributed by atoms with Gasteiger partial charge in [-0.2, -0.15) is 0 Å². The summed E-state index contributed by atoms with van der Waals surface area (Å²) in [5, 5.41) is 0. The molecule has 1 nitrogen and oxygen atoms in total. The fourth-order valence-corrected chi connectivity index (χ4v) is 1.15. The number of rotatable bonds is 1. The zero-order valence-electron chi connectivity index (χ0n) is 7.22. The summed E-state index contributed by atoms with van der Waals surface area (Å²) < 4.78 is 0. The Hall–Kier alpha value is -1.55. The highest BCUT2D eigenvalue weighted by molar-refractivity contribution is 5.95. The van der Waals surface area contributed by atoms with Gasteiger partial charge in [0.1, 0.15) is 0 Å². The third kappa shape index (κ3) is 1.54. The van der Waals surface area contributed by atoms with Crippen LogP contribution in [0.1, 0.15) is 28.4 Å². The van der Waals surface area contributed by atoms with Crippen molar-refractivity contribution in [1.82, 2.24) is 0 Å². The van der Waals surface area contributed by atoms with E-state index in [0.717, 1.165) is 16.7 Å². The van der Waals surface area contributed by atoms with Gasteiger partial charge in [-0.1, -0.05) is 5.92 Å². The van der Waals surface area contributed by atoms with Gasteiger partial charge in [0.15, 0.2) is 5.78 Å². The maximum Gasteiger partial charge on any atom is 0.160 e. The second kappa shape index (κ2) is 3.23. The van der Waals surface area contributed by atoms with Crippen LogP contribution in [0.2, 0.25) is 0 Å². The molecule has 0 aliphatic carbocycles. The van der Waals surface area contributed by atoms with Crippen LogP contribution in [0.15, 0.2) is 18.2 Å². The molecule has 0 saturated carbocycles. The highest BCUT2D eigenvalue weighted by atomic mass is 16.1. The molecule has 1 aromatic rings. The summed E-state index contributed by atoms with van der Waals surface area (Å²) >= 11 is 0. The molecule has 0 aliphatic heterocycles. The summed E-state index contributed by atoms with van der Waals surface area (Å²) in [7, 11) is 0. The van der Waals surface area contributed by atoms with E-state index in [9.17, 15) is 4.79 Å². The summed E-state index contributed by atoms with van der Waals surface area (Å²) in [5.74, 6) is 2.60. The van der Waals surface area contributed by atoms with Crippen molar-refractivity contribution in [2.45, 2.75) is 13.8 Å². The number of benzene rings is 1. The number of terminal acetylenes is 1. The predicted molar refractivity (Wildman–Crippen MR) is 49.1 cm³/mol. The molecule has 0 atom stereocenters. The van der Waals surface area contributed by atoms with Gasteiger partial charge in [0.25, 0.3) is 0 Å². The minimum Gasteiger partial charge on any atom is -0.295 e. The van der Waals surface area contributed by atoms with Gasteiger partial charge in [0.2, 0.25) is 0 Å². The maximum absolute atomic E-state index is 11.0. The van der Waals surface area contributed by atoms with Crippen molar-refractivity contribution in [3.63, 3.8) is 0 Å². The summed E-state index contributed by atoms with van der Waals surface area (Å²) in [6, 6.07) is 5.40. The first kappa shape index (κ1) is 8.55. The van der Waals surface area contributed by atoms with Crippen LogP contribution in [-0.2, 0) is 0 Å². The molecular weight excluding hydrogens is 148 g/mol. The lowest BCUT2D eigenvalue weighted by Crippen LogP contribution is -1.95. The van der Waals surface area contributed by atoms with Crippen molar-refractivity contribution in [2.75, 3.05) is 0 Å². The average molecular weight is 158 g/mol. The van der Waals surface area contributed by atoms with E-state index in [1.807, 2.05) is 13.0 Å². The second-order valence-electron chi connectivity index (χ2n) is 2.73. The quantitative estimate of drug-likeness (QED) is 0.452. The van der Waals surface area contributed by atoms with Crippen LogP contribution in [0.4, 0.5) is 0 Å². The first-order chi connectivity index (χ1) is 5.65. The SMILES string of the molecule is C#Cc1ccc(C(C)=O)c(C)c1. The third-order valence-corrected chi connectivity index (χ3v) is 1.77. The normalized spacial score (nSPS) is 9.08. The Kier molecular flexibility index (Phi) is 2.30. The zero-order valence-corrected chi connectivity index (χ0v) is 7.22. The summed E-state index contributed by atoms with van der Waals surface area (Å²) in [4.78, 5) is 11.0. The van der Waals surface area contributed by atoms with Crippen LogP contribution >= 0.6 is 0 Å². The molecule has 0 aliphatic rings. The van der Waals surface area contributed by atoms with Crippen LogP contribution in [0.5, 0.6) is 0 Å². The molecule has 0 N–H and O–H groups in total. The average Bonchev–Trinajstić information content (AvgIpc) is 2.03. The molecule has 0 unspecified atom stereocenters. The molecule has 0 saturated heterocycles. The molecule has 0 amide bonds. The summed E-state index contributed by atoms with van der Waals surface area (Å²) in [5.41, 5.74) is 2.50. The fourth-order valence-electron chi connectivity index (χ4n) is 1.15. The standard InChI is InChI=1S/C11H10O/c1-4-10-5-6-11(9(3)12)8(2)7-10/h1,5-7H,2-3H3. The number of carbonyl (C=O) groups is 1. The van der Waals surface area contributed by atoms with Crippen molar-refractivity contribution >= 4 is 5.78 Å². The lowest BCUT2D eigenvalue weighted by atomic mass is 10.0. The van der Waals surface area contributed by atoms with E-state index in [-0.39, 0.29) is 5.78 Å². The molecular formula is C11H10O. The molecule has 0 heterocycles. The molecule has 1 heteroatoms. The monoisotopic (exact) mass is 158 g/mol. The smallest absolute Gasteiger partial charge is 0.160 e. The number of Topliss-reactive ketones (excluding diaryl/α,β-unsaturated/α-hetero) is 1. The zero-order chi connectivity index (χ0) is 9.14. The van der Waals surface area contributed by atoms with Gasteiger partial charge in [0.05, 0.1) is 0 Å². The van der Waals surface area contributed by atoms with Crippen LogP contribution < -0.4 is 0 Å². The van der Waals surface area contributed by atoms with E-state index in [0.29, 0.717) is 0 Å². The minimum atomic E-state index is 0.0797. The van der Waals surface area contributed by atoms with Gasteiger partial charge < -0.3 is 0 Å². The van der Waals surface area contributed by atoms with Crippen molar-refractivity contribution in [1.29, 1.82) is 0 Å². The van der Waals surface area contributed by atoms with Crippen molar-refractivity contribution in [3.05, 3.63) is 34.9 Å². The van der Waals surface area contributed by atoms with Gasteiger partial charge >= 0.3 is 0 Å². The van der Waals surface area contributed by atoms with Crippen molar-refractivity contribution in [2.24, 2.45) is 0 Å². The molecule has 0 spiro atoms. The van der Waals surface area contributed by atoms with E-state index < -0.39 is 0 Å². The molecule has 12 heavy (non-hydrogen) atoms. The summed E-state index contributed by atoms with van der Waals surface area (Å²) in [6.45, 7) is 3.44. The van der Waals surface area contributed by atoms with E-state index in [1.165, 1.54) is 0 Å². The first-order valence-corrected chi connectivity index (χ1v) is 3.73. The van der Waals surface area contributed by atoms with Crippen LogP contribution in [-0.4, -0.2) is 5.78 Å². The molecule has 1 rings (SSSR count). The Bertz CT molecular complexity index is 356. The Balaban J connectivity index is 3.23. The molecule has 0 aromatic heterocycles. The third-order valence-electron chi connectivity index (χ3n) is 1.77. The second-order valence-corrected chi connectivity index (χ2v) is 2.73. The topological polar surface area (TPSA) is 17.1 Å². The van der Waals surface area contributed by atoms with E-state index in [2.05, 4.69) is 5.92 Å². The summed E-state index contributed by atoms with van der Waals surface area (Å²) in [6.07, 6.45) is 5.21. The van der Waals surface area contributed by atoms with Crippen LogP contribution in [0.25, 0.3) is 0 Å². The van der Waals surface area contributed by atoms with Gasteiger partial charge in [0, 0.05) is 11.1 Å². The van der Waals surface area contributed by atoms with Crippen molar-refractivity contribution < 1.29 is 4.79 Å². The number of hydrogen-bond acceptors (Lipinski definition) is 1. The lowest BCUT2D eigenvalue weighted by molar-refractivity contribution is 0.101. The number of carbonyl (C=O) groups excluding carboxylic acids is 1. The number of hydrogen-bond donors (Lipinski definition) is 0. The molecule has 0 bridgehead atoms. The van der Waals surface area contributed by atoms with Gasteiger partial charge in [-0.05, 0) is 37.6 Å². The van der Waals surface area contributed by atoms with Gasteiger partial charge in [-0.3, -0.25) is 4.79 Å². The van der Waals surface area contributed by atoms with Crippen LogP contribution in [0.3, 0.4) is 0 Å². The molecule has 60 valence electrons. The molecule has 0 fully saturated rings. The molecule has 1 aromatic carbocycles. The first-order valence-electron chi connectivity index (χ1n) is 3.73. The van der Waals surface area contributed by atoms with E-state index in [1.54, 1.807) is 19.1 Å². The van der Waals surface area contributed by atoms with Gasteiger partial charge in [-0.25, -0.2) is 0 Å². The lowest BCUT2D eigenvalue weighted by Gasteiger charge is -2.00. The number of ketones is 1. The van der Waals surface area contributed by atoms with E-state index in [4.69, 9.17) is 6.42 Å². The van der Waals surface area contributed by atoms with E-state index >= 15 is 0 Å². The Morgan fingerprint density at radius 2 is 2.17 bits per heavy atom. The minimum absolute atomic E-state index is 0.0797.